The van der Waals surface area contributed by atoms with Gasteiger partial charge in [-0.25, -0.2) is 14.2 Å². The lowest BCUT2D eigenvalue weighted by Gasteiger charge is -2.03. The van der Waals surface area contributed by atoms with E-state index in [4.69, 9.17) is 4.42 Å². The zero-order chi connectivity index (χ0) is 21.6. The van der Waals surface area contributed by atoms with Crippen molar-refractivity contribution in [3.05, 3.63) is 67.1 Å². The van der Waals surface area contributed by atoms with Crippen molar-refractivity contribution in [2.75, 3.05) is 5.32 Å². The third-order valence-corrected chi connectivity index (χ3v) is 5.50. The maximum absolute atomic E-state index is 14.2. The highest BCUT2D eigenvalue weighted by molar-refractivity contribution is 7.14. The third-order valence-electron chi connectivity index (χ3n) is 4.74. The van der Waals surface area contributed by atoms with Crippen molar-refractivity contribution in [3.63, 3.8) is 0 Å². The van der Waals surface area contributed by atoms with Crippen molar-refractivity contribution >= 4 is 33.5 Å². The van der Waals surface area contributed by atoms with Gasteiger partial charge in [-0.1, -0.05) is 6.07 Å². The van der Waals surface area contributed by atoms with Crippen molar-refractivity contribution in [3.8, 4) is 11.3 Å². The van der Waals surface area contributed by atoms with E-state index in [0.29, 0.717) is 27.7 Å². The lowest BCUT2D eigenvalue weighted by atomic mass is 10.1. The smallest absolute Gasteiger partial charge is 0.330 e. The largest absolute Gasteiger partial charge is 0.444 e. The van der Waals surface area contributed by atoms with Crippen molar-refractivity contribution in [1.82, 2.24) is 14.5 Å². The van der Waals surface area contributed by atoms with E-state index in [1.54, 1.807) is 31.4 Å². The highest BCUT2D eigenvalue weighted by Gasteiger charge is 2.20. The van der Waals surface area contributed by atoms with E-state index >= 15 is 0 Å². The molecule has 0 saturated heterocycles. The number of benzene rings is 1. The Balaban J connectivity index is 1.59. The number of furan rings is 1. The van der Waals surface area contributed by atoms with Gasteiger partial charge in [-0.2, -0.15) is 0 Å². The molecule has 0 saturated carbocycles. The van der Waals surface area contributed by atoms with Crippen molar-refractivity contribution in [2.24, 2.45) is 7.05 Å². The van der Waals surface area contributed by atoms with E-state index < -0.39 is 17.2 Å². The van der Waals surface area contributed by atoms with Crippen LogP contribution in [0.4, 0.5) is 9.52 Å². The molecule has 0 aliphatic rings. The first-order chi connectivity index (χ1) is 14.2. The van der Waals surface area contributed by atoms with E-state index in [1.165, 1.54) is 24.5 Å². The van der Waals surface area contributed by atoms with Gasteiger partial charge in [-0.05, 0) is 31.5 Å². The average Bonchev–Trinajstić information content (AvgIpc) is 3.24. The number of aryl methyl sites for hydroxylation is 2. The molecular weight excluding hydrogens is 411 g/mol. The van der Waals surface area contributed by atoms with Crippen LogP contribution >= 0.6 is 11.3 Å². The molecule has 4 rings (SSSR count). The Kier molecular flexibility index (Phi) is 4.86. The number of carbonyl (C=O) groups is 1. The lowest BCUT2D eigenvalue weighted by molar-refractivity contribution is -0.115. The van der Waals surface area contributed by atoms with E-state index in [1.807, 2.05) is 0 Å². The number of hydrogen-bond donors (Lipinski definition) is 2. The Hall–Kier alpha value is -3.53. The predicted molar refractivity (Wildman–Crippen MR) is 111 cm³/mol. The molecule has 2 N–H and O–H groups in total. The van der Waals surface area contributed by atoms with Crippen LogP contribution in [-0.4, -0.2) is 20.4 Å². The van der Waals surface area contributed by atoms with Crippen molar-refractivity contribution in [2.45, 2.75) is 20.3 Å². The number of carbonyl (C=O) groups excluding carboxylic acids is 1. The van der Waals surface area contributed by atoms with Crippen LogP contribution in [0.25, 0.3) is 22.4 Å². The number of fused-ring (bicyclic) bond motifs is 1. The van der Waals surface area contributed by atoms with Crippen LogP contribution in [-0.2, 0) is 18.3 Å². The molecule has 0 spiro atoms. The molecule has 154 valence electrons. The quantitative estimate of drug-likeness (QED) is 0.519. The highest BCUT2D eigenvalue weighted by atomic mass is 32.1. The van der Waals surface area contributed by atoms with Gasteiger partial charge in [0, 0.05) is 23.6 Å². The highest BCUT2D eigenvalue weighted by Crippen LogP contribution is 2.28. The minimum atomic E-state index is -0.601. The summed E-state index contributed by atoms with van der Waals surface area (Å²) >= 11 is 1.17. The number of thiazole rings is 1. The minimum absolute atomic E-state index is 0.0368. The molecule has 0 atom stereocenters. The number of rotatable bonds is 4. The monoisotopic (exact) mass is 428 g/mol. The van der Waals surface area contributed by atoms with E-state index in [0.717, 1.165) is 10.1 Å². The molecule has 4 aromatic rings. The van der Waals surface area contributed by atoms with Crippen molar-refractivity contribution in [1.29, 1.82) is 0 Å². The molecule has 0 aliphatic heterocycles. The van der Waals surface area contributed by atoms with Crippen LogP contribution in [0.15, 0.2) is 37.6 Å². The summed E-state index contributed by atoms with van der Waals surface area (Å²) in [7, 11) is 1.34. The SMILES string of the molecule is Cc1ccc(-c2csc(NC(=O)Cc3c(C)oc4[nH]c(=O)n(C)c(=O)c34)n2)c(F)c1. The number of nitrogens with one attached hydrogen (secondary N) is 2. The number of halogens is 1. The number of aromatic amines is 1. The van der Waals surface area contributed by atoms with Crippen LogP contribution in [0.3, 0.4) is 0 Å². The Morgan fingerprint density at radius 1 is 1.33 bits per heavy atom. The lowest BCUT2D eigenvalue weighted by Crippen LogP contribution is -2.32. The van der Waals surface area contributed by atoms with Crippen molar-refractivity contribution < 1.29 is 13.6 Å². The minimum Gasteiger partial charge on any atom is -0.444 e. The maximum Gasteiger partial charge on any atom is 0.330 e. The number of hydrogen-bond acceptors (Lipinski definition) is 6. The van der Waals surface area contributed by atoms with Gasteiger partial charge < -0.3 is 9.73 Å². The second-order valence-corrected chi connectivity index (χ2v) is 7.74. The summed E-state index contributed by atoms with van der Waals surface area (Å²) in [4.78, 5) is 43.5. The van der Waals surface area contributed by atoms with Gasteiger partial charge >= 0.3 is 5.69 Å². The molecule has 0 unspecified atom stereocenters. The predicted octanol–water partition coefficient (Wildman–Crippen LogP) is 2.88. The van der Waals surface area contributed by atoms with Gasteiger partial charge in [0.1, 0.15) is 17.0 Å². The number of nitrogens with zero attached hydrogens (tertiary/aromatic N) is 2. The van der Waals surface area contributed by atoms with Gasteiger partial charge in [0.05, 0.1) is 12.1 Å². The number of anilines is 1. The zero-order valence-corrected chi connectivity index (χ0v) is 17.1. The van der Waals surface area contributed by atoms with Crippen LogP contribution in [0, 0.1) is 19.7 Å². The third kappa shape index (κ3) is 3.45. The fraction of sp³-hybridized carbons (Fsp3) is 0.200. The summed E-state index contributed by atoms with van der Waals surface area (Å²) in [6.07, 6.45) is -0.145. The van der Waals surface area contributed by atoms with Gasteiger partial charge in [0.15, 0.2) is 5.13 Å². The molecule has 3 aromatic heterocycles. The Labute approximate surface area is 173 Å². The van der Waals surface area contributed by atoms with Crippen LogP contribution in [0.2, 0.25) is 0 Å². The first-order valence-corrected chi connectivity index (χ1v) is 9.85. The molecule has 30 heavy (non-hydrogen) atoms. The Morgan fingerprint density at radius 2 is 2.10 bits per heavy atom. The molecule has 0 aliphatic carbocycles. The standard InChI is InChI=1S/C20H17FN4O4S/c1-9-4-5-11(13(21)6-9)14-8-30-19(22-14)23-15(26)7-12-10(2)29-17-16(12)18(27)25(3)20(28)24-17/h4-6,8H,7H2,1-3H3,(H,24,28)(H,22,23,26). The van der Waals surface area contributed by atoms with E-state index in [-0.39, 0.29) is 23.3 Å². The second-order valence-electron chi connectivity index (χ2n) is 6.88. The first kappa shape index (κ1) is 19.8. The summed E-state index contributed by atoms with van der Waals surface area (Å²) < 4.78 is 20.5. The molecule has 3 heterocycles. The van der Waals surface area contributed by atoms with Gasteiger partial charge in [-0.3, -0.25) is 19.1 Å². The number of amides is 1. The summed E-state index contributed by atoms with van der Waals surface area (Å²) in [6.45, 7) is 3.41. The molecule has 8 nitrogen and oxygen atoms in total. The van der Waals surface area contributed by atoms with Gasteiger partial charge in [-0.15, -0.1) is 11.3 Å². The van der Waals surface area contributed by atoms with Gasteiger partial charge in [0.2, 0.25) is 11.6 Å². The zero-order valence-electron chi connectivity index (χ0n) is 16.3. The Bertz CT molecular complexity index is 1410. The molecular formula is C20H17FN4O4S. The second kappa shape index (κ2) is 7.38. The molecule has 0 radical (unpaired) electrons. The summed E-state index contributed by atoms with van der Waals surface area (Å²) in [5, 5.41) is 4.78. The molecule has 0 fully saturated rings. The Morgan fingerprint density at radius 3 is 2.83 bits per heavy atom. The van der Waals surface area contributed by atoms with Crippen LogP contribution in [0.5, 0.6) is 0 Å². The average molecular weight is 428 g/mol. The molecule has 10 heteroatoms. The number of H-pyrrole nitrogens is 1. The molecule has 0 bridgehead atoms. The summed E-state index contributed by atoms with van der Waals surface area (Å²) in [5.41, 5.74) is 0.854. The summed E-state index contributed by atoms with van der Waals surface area (Å²) in [6, 6.07) is 4.85. The number of aromatic nitrogens is 3. The van der Waals surface area contributed by atoms with Crippen LogP contribution < -0.4 is 16.6 Å². The normalized spacial score (nSPS) is 11.2. The topological polar surface area (TPSA) is 110 Å². The fourth-order valence-corrected chi connectivity index (χ4v) is 3.88. The fourth-order valence-electron chi connectivity index (χ4n) is 3.15. The van der Waals surface area contributed by atoms with Crippen LogP contribution in [0.1, 0.15) is 16.9 Å². The van der Waals surface area contributed by atoms with E-state index in [9.17, 15) is 18.8 Å². The first-order valence-electron chi connectivity index (χ1n) is 8.97. The summed E-state index contributed by atoms with van der Waals surface area (Å²) in [5.74, 6) is -0.441. The molecule has 1 aromatic carbocycles. The molecule has 1 amide bonds. The van der Waals surface area contributed by atoms with E-state index in [2.05, 4.69) is 15.3 Å². The van der Waals surface area contributed by atoms with Gasteiger partial charge in [0.25, 0.3) is 5.56 Å². The maximum atomic E-state index is 14.2.